The lowest BCUT2D eigenvalue weighted by Crippen LogP contribution is -2.55. The number of non-ortho nitro benzene ring substituents is 1. The van der Waals surface area contributed by atoms with E-state index in [0.717, 1.165) is 31.6 Å². The van der Waals surface area contributed by atoms with Gasteiger partial charge in [0, 0.05) is 48.0 Å². The predicted octanol–water partition coefficient (Wildman–Crippen LogP) is 3.83. The zero-order chi connectivity index (χ0) is 36.6. The summed E-state index contributed by atoms with van der Waals surface area (Å²) in [5.41, 5.74) is -0.233. The number of anilines is 3. The van der Waals surface area contributed by atoms with Gasteiger partial charge in [0.2, 0.25) is 5.91 Å². The number of benzene rings is 3. The summed E-state index contributed by atoms with van der Waals surface area (Å²) in [6.07, 6.45) is 6.13. The fourth-order valence-corrected chi connectivity index (χ4v) is 8.36. The minimum atomic E-state index is -2.14. The standard InChI is InChI=1S/C39H44N6O7/c1-27(8-5-14-35(47)41-21-7-13-32(41)25-46)39(50)33-23-31(45(51)52)15-16-34(33)42(37(39)49)24-28-9-6-12-30(22-28)43-26-44(29-10-3-2-4-11-29)38(36(43)48)17-19-40-20-18-38/h2-6,8-12,15-16,22-23,27,32,40,46,50H,7,13-14,17-21,24-26H2,1H3/b8-5+/t27-,32+,39+/m1/s1. The minimum absolute atomic E-state index is 0.0231. The Morgan fingerprint density at radius 1 is 1.04 bits per heavy atom. The van der Waals surface area contributed by atoms with Gasteiger partial charge in [0.25, 0.3) is 17.5 Å². The fourth-order valence-electron chi connectivity index (χ4n) is 8.36. The molecule has 0 aromatic heterocycles. The van der Waals surface area contributed by atoms with E-state index in [2.05, 4.69) is 10.2 Å². The third-order valence-corrected chi connectivity index (χ3v) is 11.3. The maximum absolute atomic E-state index is 14.3. The first-order valence-electron chi connectivity index (χ1n) is 17.9. The number of likely N-dealkylation sites (tertiary alicyclic amines) is 1. The number of carbonyl (C=O) groups excluding carboxylic acids is 3. The van der Waals surface area contributed by atoms with Crippen molar-refractivity contribution < 1.29 is 29.5 Å². The lowest BCUT2D eigenvalue weighted by Gasteiger charge is -2.39. The van der Waals surface area contributed by atoms with Crippen LogP contribution >= 0.6 is 0 Å². The number of para-hydroxylation sites is 1. The summed E-state index contributed by atoms with van der Waals surface area (Å²) in [6.45, 7) is 3.98. The van der Waals surface area contributed by atoms with Crippen LogP contribution in [0.3, 0.4) is 0 Å². The zero-order valence-corrected chi connectivity index (χ0v) is 29.2. The summed E-state index contributed by atoms with van der Waals surface area (Å²) in [7, 11) is 0. The van der Waals surface area contributed by atoms with Crippen molar-refractivity contribution in [3.8, 4) is 0 Å². The number of nitro benzene ring substituents is 1. The third kappa shape index (κ3) is 6.02. The van der Waals surface area contributed by atoms with Crippen LogP contribution in [0.5, 0.6) is 0 Å². The molecule has 0 radical (unpaired) electrons. The van der Waals surface area contributed by atoms with E-state index in [1.54, 1.807) is 28.9 Å². The number of amides is 3. The van der Waals surface area contributed by atoms with E-state index in [1.165, 1.54) is 23.1 Å². The summed E-state index contributed by atoms with van der Waals surface area (Å²) in [5.74, 6) is -1.62. The number of nitrogens with one attached hydrogen (secondary N) is 1. The molecule has 3 aromatic rings. The Kier molecular flexibility index (Phi) is 9.59. The SMILES string of the molecule is C[C@H](/C=C/CC(=O)N1CCC[C@H]1CO)[C@@]1(O)C(=O)N(Cc2cccc(N3CN(c4ccccc4)C4(CCNCC4)C3=O)c2)c2ccc([N+](=O)[O-])cc21. The van der Waals surface area contributed by atoms with Crippen LogP contribution in [0.25, 0.3) is 0 Å². The number of aliphatic hydroxyl groups is 2. The summed E-state index contributed by atoms with van der Waals surface area (Å²) >= 11 is 0. The number of fused-ring (bicyclic) bond motifs is 1. The maximum atomic E-state index is 14.3. The third-order valence-electron chi connectivity index (χ3n) is 11.3. The minimum Gasteiger partial charge on any atom is -0.394 e. The summed E-state index contributed by atoms with van der Waals surface area (Å²) < 4.78 is 0. The van der Waals surface area contributed by atoms with Crippen molar-refractivity contribution in [2.75, 3.05) is 47.6 Å². The van der Waals surface area contributed by atoms with Gasteiger partial charge in [0.1, 0.15) is 5.54 Å². The van der Waals surface area contributed by atoms with Gasteiger partial charge < -0.3 is 30.2 Å². The van der Waals surface area contributed by atoms with Gasteiger partial charge in [-0.3, -0.25) is 29.4 Å². The molecular weight excluding hydrogens is 664 g/mol. The van der Waals surface area contributed by atoms with Crippen LogP contribution in [-0.4, -0.2) is 82.2 Å². The Hall–Kier alpha value is -5.11. The molecule has 0 bridgehead atoms. The molecule has 3 atom stereocenters. The van der Waals surface area contributed by atoms with Crippen LogP contribution in [0.1, 0.15) is 50.2 Å². The van der Waals surface area contributed by atoms with Gasteiger partial charge in [-0.05, 0) is 74.7 Å². The van der Waals surface area contributed by atoms with Crippen LogP contribution in [0.4, 0.5) is 22.7 Å². The van der Waals surface area contributed by atoms with E-state index in [1.807, 2.05) is 54.6 Å². The second kappa shape index (κ2) is 14.1. The molecule has 0 saturated carbocycles. The van der Waals surface area contributed by atoms with Gasteiger partial charge in [-0.2, -0.15) is 0 Å². The molecule has 0 unspecified atom stereocenters. The molecule has 4 heterocycles. The van der Waals surface area contributed by atoms with E-state index in [4.69, 9.17) is 0 Å². The van der Waals surface area contributed by atoms with E-state index in [9.17, 15) is 34.7 Å². The molecule has 13 nitrogen and oxygen atoms in total. The molecule has 52 heavy (non-hydrogen) atoms. The topological polar surface area (TPSA) is 160 Å². The highest BCUT2D eigenvalue weighted by Gasteiger charge is 2.54. The van der Waals surface area contributed by atoms with Gasteiger partial charge in [-0.1, -0.05) is 49.4 Å². The molecule has 0 aliphatic carbocycles. The number of nitrogens with zero attached hydrogens (tertiary/aromatic N) is 5. The molecule has 3 amide bonds. The van der Waals surface area contributed by atoms with Gasteiger partial charge in [-0.25, -0.2) is 0 Å². The number of carbonyl (C=O) groups is 3. The van der Waals surface area contributed by atoms with Crippen molar-refractivity contribution in [2.24, 2.45) is 5.92 Å². The zero-order valence-electron chi connectivity index (χ0n) is 29.2. The smallest absolute Gasteiger partial charge is 0.269 e. The highest BCUT2D eigenvalue weighted by Crippen LogP contribution is 2.47. The first-order valence-corrected chi connectivity index (χ1v) is 17.9. The second-order valence-corrected chi connectivity index (χ2v) is 14.2. The van der Waals surface area contributed by atoms with Crippen LogP contribution < -0.4 is 20.0 Å². The quantitative estimate of drug-likeness (QED) is 0.162. The number of aliphatic hydroxyl groups excluding tert-OH is 1. The summed E-state index contributed by atoms with van der Waals surface area (Å²) in [4.78, 5) is 59.7. The molecule has 3 saturated heterocycles. The van der Waals surface area contributed by atoms with Crippen LogP contribution in [0.15, 0.2) is 84.9 Å². The molecule has 4 aliphatic heterocycles. The van der Waals surface area contributed by atoms with Crippen molar-refractivity contribution in [2.45, 2.75) is 62.8 Å². The number of nitro groups is 1. The van der Waals surface area contributed by atoms with Crippen molar-refractivity contribution in [1.29, 1.82) is 0 Å². The average Bonchev–Trinajstić information content (AvgIpc) is 3.82. The number of hydrogen-bond donors (Lipinski definition) is 3. The number of piperidine rings is 1. The Morgan fingerprint density at radius 2 is 1.79 bits per heavy atom. The van der Waals surface area contributed by atoms with Crippen molar-refractivity contribution in [3.63, 3.8) is 0 Å². The molecule has 272 valence electrons. The molecule has 1 spiro atoms. The van der Waals surface area contributed by atoms with Crippen molar-refractivity contribution >= 4 is 40.5 Å². The van der Waals surface area contributed by atoms with Gasteiger partial charge >= 0.3 is 0 Å². The fraction of sp³-hybridized carbons (Fsp3) is 0.410. The largest absolute Gasteiger partial charge is 0.394 e. The monoisotopic (exact) mass is 708 g/mol. The van der Waals surface area contributed by atoms with E-state index >= 15 is 0 Å². The van der Waals surface area contributed by atoms with Crippen LogP contribution in [0, 0.1) is 16.0 Å². The first-order chi connectivity index (χ1) is 25.1. The Labute approximate surface area is 302 Å². The first kappa shape index (κ1) is 35.3. The molecule has 3 N–H and O–H groups in total. The van der Waals surface area contributed by atoms with Gasteiger partial charge in [0.15, 0.2) is 5.60 Å². The molecule has 7 rings (SSSR count). The average molecular weight is 709 g/mol. The number of hydrogen-bond acceptors (Lipinski definition) is 9. The van der Waals surface area contributed by atoms with E-state index < -0.39 is 27.9 Å². The lowest BCUT2D eigenvalue weighted by molar-refractivity contribution is -0.385. The van der Waals surface area contributed by atoms with Crippen LogP contribution in [0.2, 0.25) is 0 Å². The molecule has 3 fully saturated rings. The van der Waals surface area contributed by atoms with Gasteiger partial charge in [0.05, 0.1) is 36.5 Å². The van der Waals surface area contributed by atoms with Gasteiger partial charge in [-0.15, -0.1) is 0 Å². The Bertz CT molecular complexity index is 1900. The summed E-state index contributed by atoms with van der Waals surface area (Å²) in [6, 6.07) is 21.2. The second-order valence-electron chi connectivity index (χ2n) is 14.2. The maximum Gasteiger partial charge on any atom is 0.269 e. The molecule has 3 aromatic carbocycles. The highest BCUT2D eigenvalue weighted by atomic mass is 16.6. The molecular formula is C39H44N6O7. The predicted molar refractivity (Wildman–Crippen MR) is 195 cm³/mol. The van der Waals surface area contributed by atoms with E-state index in [0.29, 0.717) is 43.0 Å². The van der Waals surface area contributed by atoms with Crippen molar-refractivity contribution in [1.82, 2.24) is 10.2 Å². The molecule has 13 heteroatoms. The van der Waals surface area contributed by atoms with E-state index in [-0.39, 0.29) is 48.7 Å². The molecule has 4 aliphatic rings. The van der Waals surface area contributed by atoms with Crippen LogP contribution in [-0.2, 0) is 26.5 Å². The lowest BCUT2D eigenvalue weighted by atomic mass is 9.82. The van der Waals surface area contributed by atoms with Crippen molar-refractivity contribution in [3.05, 3.63) is 106 Å². The normalized spacial score (nSPS) is 23.2. The highest BCUT2D eigenvalue weighted by molar-refractivity contribution is 6.08. The Balaban J connectivity index is 1.15. The summed E-state index contributed by atoms with van der Waals surface area (Å²) in [5, 5.41) is 37.0. The number of rotatable bonds is 10. The Morgan fingerprint density at radius 3 is 2.52 bits per heavy atom.